The van der Waals surface area contributed by atoms with Crippen LogP contribution in [0.1, 0.15) is 44.6 Å². The molecule has 0 saturated carbocycles. The van der Waals surface area contributed by atoms with Gasteiger partial charge in [0.25, 0.3) is 12.0 Å². The van der Waals surface area contributed by atoms with Gasteiger partial charge in [-0.2, -0.15) is 23.3 Å². The third-order valence-electron chi connectivity index (χ3n) is 7.58. The Morgan fingerprint density at radius 3 is 2.28 bits per heavy atom. The summed E-state index contributed by atoms with van der Waals surface area (Å²) in [4.78, 5) is 29.7. The van der Waals surface area contributed by atoms with E-state index in [9.17, 15) is 26.7 Å². The van der Waals surface area contributed by atoms with E-state index in [2.05, 4.69) is 20.1 Å². The highest BCUT2D eigenvalue weighted by Crippen LogP contribution is 2.43. The van der Waals surface area contributed by atoms with Crippen LogP contribution >= 0.6 is 0 Å². The van der Waals surface area contributed by atoms with Crippen LogP contribution in [-0.4, -0.2) is 61.9 Å². The Kier molecular flexibility index (Phi) is 7.00. The van der Waals surface area contributed by atoms with Gasteiger partial charge in [0, 0.05) is 38.8 Å². The number of aryl methyl sites for hydroxylation is 1. The van der Waals surface area contributed by atoms with Crippen molar-refractivity contribution in [1.29, 1.82) is 0 Å². The molecule has 2 saturated heterocycles. The van der Waals surface area contributed by atoms with E-state index < -0.39 is 24.8 Å². The molecule has 0 amide bonds. The second-order valence-corrected chi connectivity index (χ2v) is 11.0. The topological polar surface area (TPSA) is 85.0 Å². The summed E-state index contributed by atoms with van der Waals surface area (Å²) >= 11 is 0. The maximum atomic E-state index is 13.4. The molecule has 2 aliphatic rings. The van der Waals surface area contributed by atoms with Crippen LogP contribution in [0.25, 0.3) is 11.0 Å². The van der Waals surface area contributed by atoms with Gasteiger partial charge in [-0.05, 0) is 37.5 Å². The zero-order chi connectivity index (χ0) is 28.1. The van der Waals surface area contributed by atoms with Crippen molar-refractivity contribution in [3.05, 3.63) is 34.1 Å². The Morgan fingerprint density at radius 1 is 1.00 bits per heavy atom. The number of piperidine rings is 1. The zero-order valence-corrected chi connectivity index (χ0v) is 22.0. The molecule has 1 spiro atoms. The van der Waals surface area contributed by atoms with E-state index >= 15 is 0 Å². The Hall–Kier alpha value is -3.32. The van der Waals surface area contributed by atoms with Crippen molar-refractivity contribution in [2.45, 2.75) is 65.7 Å². The number of hydrogen-bond acceptors (Lipinski definition) is 7. The standard InChI is InChI=1S/C25H31F5N8O/c1-15(2)12-37-22(39)17-11-31-38(13-19(26)27)21(17)34-23(37)35-7-4-24(5-8-35)6-9-36(14-24)20-10-18(25(28,29)30)32-16(3)33-20/h10-11,15,19H,4-9,12-14H2,1-3H3. The van der Waals surface area contributed by atoms with Crippen LogP contribution in [0.5, 0.6) is 0 Å². The SMILES string of the molecule is Cc1nc(N2CCC3(CCN(c4nc5c(cnn5CC(F)F)c(=O)n4CC(C)C)CC3)C2)cc(C(F)(F)F)n1. The first-order valence-electron chi connectivity index (χ1n) is 13.0. The molecule has 39 heavy (non-hydrogen) atoms. The molecule has 5 heterocycles. The second kappa shape index (κ2) is 10.0. The van der Waals surface area contributed by atoms with Gasteiger partial charge in [-0.3, -0.25) is 9.36 Å². The fourth-order valence-corrected chi connectivity index (χ4v) is 5.65. The maximum Gasteiger partial charge on any atom is 0.433 e. The van der Waals surface area contributed by atoms with Crippen LogP contribution in [0.15, 0.2) is 17.1 Å². The lowest BCUT2D eigenvalue weighted by molar-refractivity contribution is -0.141. The number of alkyl halides is 5. The van der Waals surface area contributed by atoms with Crippen molar-refractivity contribution in [1.82, 2.24) is 29.3 Å². The fraction of sp³-hybridized carbons (Fsp3) is 0.640. The van der Waals surface area contributed by atoms with Gasteiger partial charge < -0.3 is 9.80 Å². The minimum Gasteiger partial charge on any atom is -0.356 e. The number of halogens is 5. The molecule has 5 rings (SSSR count). The fourth-order valence-electron chi connectivity index (χ4n) is 5.65. The lowest BCUT2D eigenvalue weighted by Gasteiger charge is -2.40. The molecule has 9 nitrogen and oxygen atoms in total. The highest BCUT2D eigenvalue weighted by Gasteiger charge is 2.42. The van der Waals surface area contributed by atoms with E-state index in [4.69, 9.17) is 0 Å². The molecule has 0 radical (unpaired) electrons. The lowest BCUT2D eigenvalue weighted by atomic mass is 9.78. The van der Waals surface area contributed by atoms with Crippen molar-refractivity contribution in [2.24, 2.45) is 11.3 Å². The Bertz CT molecular complexity index is 1410. The average molecular weight is 555 g/mol. The van der Waals surface area contributed by atoms with Gasteiger partial charge in [0.2, 0.25) is 5.95 Å². The summed E-state index contributed by atoms with van der Waals surface area (Å²) in [5, 5.41) is 4.19. The van der Waals surface area contributed by atoms with Gasteiger partial charge in [-0.1, -0.05) is 13.8 Å². The molecule has 0 bridgehead atoms. The summed E-state index contributed by atoms with van der Waals surface area (Å²) in [6.45, 7) is 7.49. The zero-order valence-electron chi connectivity index (χ0n) is 22.0. The number of fused-ring (bicyclic) bond motifs is 1. The monoisotopic (exact) mass is 554 g/mol. The summed E-state index contributed by atoms with van der Waals surface area (Å²) in [5.41, 5.74) is -1.23. The van der Waals surface area contributed by atoms with Gasteiger partial charge in [0.1, 0.15) is 29.3 Å². The normalized spacial score (nSPS) is 17.9. The average Bonchev–Trinajstić information content (AvgIpc) is 3.45. The van der Waals surface area contributed by atoms with Crippen LogP contribution in [0.3, 0.4) is 0 Å². The van der Waals surface area contributed by atoms with Crippen molar-refractivity contribution < 1.29 is 22.0 Å². The maximum absolute atomic E-state index is 13.4. The van der Waals surface area contributed by atoms with Crippen molar-refractivity contribution >= 4 is 22.8 Å². The molecule has 3 aromatic heterocycles. The van der Waals surface area contributed by atoms with E-state index in [0.29, 0.717) is 38.7 Å². The molecule has 0 aromatic carbocycles. The minimum atomic E-state index is -4.55. The summed E-state index contributed by atoms with van der Waals surface area (Å²) < 4.78 is 68.8. The molecule has 3 aromatic rings. The highest BCUT2D eigenvalue weighted by molar-refractivity contribution is 5.75. The van der Waals surface area contributed by atoms with Crippen LogP contribution in [0.2, 0.25) is 0 Å². The van der Waals surface area contributed by atoms with Crippen LogP contribution in [-0.2, 0) is 19.3 Å². The quantitative estimate of drug-likeness (QED) is 0.424. The first-order chi connectivity index (χ1) is 18.3. The third kappa shape index (κ3) is 5.42. The van der Waals surface area contributed by atoms with Crippen molar-refractivity contribution in [2.75, 3.05) is 36.0 Å². The lowest BCUT2D eigenvalue weighted by Crippen LogP contribution is -2.44. The van der Waals surface area contributed by atoms with E-state index in [0.717, 1.165) is 30.0 Å². The Balaban J connectivity index is 1.38. The largest absolute Gasteiger partial charge is 0.433 e. The first kappa shape index (κ1) is 27.3. The number of rotatable bonds is 6. The number of hydrogen-bond donors (Lipinski definition) is 0. The summed E-state index contributed by atoms with van der Waals surface area (Å²) in [5.74, 6) is 0.933. The van der Waals surface area contributed by atoms with Gasteiger partial charge in [0.15, 0.2) is 5.65 Å². The first-order valence-corrected chi connectivity index (χ1v) is 13.0. The van der Waals surface area contributed by atoms with Gasteiger partial charge in [-0.15, -0.1) is 0 Å². The van der Waals surface area contributed by atoms with Gasteiger partial charge >= 0.3 is 6.18 Å². The van der Waals surface area contributed by atoms with Crippen LogP contribution < -0.4 is 15.4 Å². The van der Waals surface area contributed by atoms with Crippen molar-refractivity contribution in [3.63, 3.8) is 0 Å². The molecular weight excluding hydrogens is 523 g/mol. The van der Waals surface area contributed by atoms with E-state index in [1.54, 1.807) is 4.57 Å². The van der Waals surface area contributed by atoms with Crippen LogP contribution in [0.4, 0.5) is 33.7 Å². The summed E-state index contributed by atoms with van der Waals surface area (Å²) in [7, 11) is 0. The Morgan fingerprint density at radius 2 is 1.67 bits per heavy atom. The highest BCUT2D eigenvalue weighted by atomic mass is 19.4. The molecule has 0 atom stereocenters. The predicted octanol–water partition coefficient (Wildman–Crippen LogP) is 4.13. The van der Waals surface area contributed by atoms with E-state index in [1.807, 2.05) is 23.6 Å². The predicted molar refractivity (Wildman–Crippen MR) is 135 cm³/mol. The minimum absolute atomic E-state index is 0.0752. The Labute approximate surface area is 221 Å². The van der Waals surface area contributed by atoms with E-state index in [1.165, 1.54) is 13.1 Å². The molecule has 2 aliphatic heterocycles. The molecular formula is C25H31F5N8O. The summed E-state index contributed by atoms with van der Waals surface area (Å²) in [6.07, 6.45) is -3.60. The second-order valence-electron chi connectivity index (χ2n) is 11.0. The third-order valence-corrected chi connectivity index (χ3v) is 7.58. The number of nitrogens with zero attached hydrogens (tertiary/aromatic N) is 8. The molecule has 0 N–H and O–H groups in total. The summed E-state index contributed by atoms with van der Waals surface area (Å²) in [6, 6.07) is 1.01. The molecule has 0 aliphatic carbocycles. The van der Waals surface area contributed by atoms with Gasteiger partial charge in [-0.25, -0.2) is 23.4 Å². The number of anilines is 2. The smallest absolute Gasteiger partial charge is 0.356 e. The van der Waals surface area contributed by atoms with E-state index in [-0.39, 0.29) is 39.6 Å². The molecule has 0 unspecified atom stereocenters. The molecule has 212 valence electrons. The van der Waals surface area contributed by atoms with Crippen molar-refractivity contribution in [3.8, 4) is 0 Å². The van der Waals surface area contributed by atoms with Crippen LogP contribution in [0, 0.1) is 18.3 Å². The van der Waals surface area contributed by atoms with Gasteiger partial charge in [0.05, 0.1) is 6.20 Å². The molecule has 14 heteroatoms. The number of aromatic nitrogens is 6. The molecule has 2 fully saturated rings.